The summed E-state index contributed by atoms with van der Waals surface area (Å²) in [5.74, 6) is 0. The Bertz CT molecular complexity index is 292. The number of aldehydes is 1. The minimum absolute atomic E-state index is 0.589. The maximum Gasteiger partial charge on any atom is 0.152 e. The molecule has 0 radical (unpaired) electrons. The quantitative estimate of drug-likeness (QED) is 0.465. The number of benzene rings is 1. The maximum absolute atomic E-state index is 10.4. The molecule has 0 atom stereocenters. The normalized spacial score (nSPS) is 9.18. The first kappa shape index (κ1) is 7.66. The molecular formula is C9H9NO. The Morgan fingerprint density at radius 3 is 2.82 bits per heavy atom. The van der Waals surface area contributed by atoms with Crippen molar-refractivity contribution in [2.75, 3.05) is 0 Å². The van der Waals surface area contributed by atoms with Gasteiger partial charge >= 0.3 is 0 Å². The third-order valence-electron chi connectivity index (χ3n) is 1.48. The third kappa shape index (κ3) is 1.52. The highest BCUT2D eigenvalue weighted by molar-refractivity contribution is 5.83. The lowest BCUT2D eigenvalue weighted by molar-refractivity contribution is 0.112. The van der Waals surface area contributed by atoms with Gasteiger partial charge < -0.3 is 0 Å². The molecule has 0 saturated carbocycles. The summed E-state index contributed by atoms with van der Waals surface area (Å²) < 4.78 is 0. The number of hydrogen-bond donors (Lipinski definition) is 0. The van der Waals surface area contributed by atoms with Gasteiger partial charge in [0, 0.05) is 5.56 Å². The molecule has 0 aliphatic carbocycles. The molecular weight excluding hydrogens is 138 g/mol. The van der Waals surface area contributed by atoms with Gasteiger partial charge in [0.1, 0.15) is 0 Å². The van der Waals surface area contributed by atoms with Gasteiger partial charge in [0.15, 0.2) is 6.29 Å². The largest absolute Gasteiger partial charge is 0.298 e. The van der Waals surface area contributed by atoms with Crippen LogP contribution in [0.1, 0.15) is 15.9 Å². The minimum Gasteiger partial charge on any atom is -0.298 e. The predicted molar refractivity (Wildman–Crippen MR) is 45.8 cm³/mol. The van der Waals surface area contributed by atoms with Crippen molar-refractivity contribution < 1.29 is 4.79 Å². The molecule has 1 aromatic rings. The lowest BCUT2D eigenvalue weighted by Gasteiger charge is -1.97. The van der Waals surface area contributed by atoms with Gasteiger partial charge in [-0.15, -0.1) is 0 Å². The monoisotopic (exact) mass is 147 g/mol. The molecule has 0 amide bonds. The number of carbonyl (C=O) groups excluding carboxylic acids is 1. The zero-order chi connectivity index (χ0) is 8.27. The highest BCUT2D eigenvalue weighted by Gasteiger charge is 1.97. The standard InChI is InChI=1S/C9H9NO/c1-7-3-4-8(6-11)9(5-7)10-2/h3-6H,2H2,1H3. The van der Waals surface area contributed by atoms with Crippen LogP contribution >= 0.6 is 0 Å². The summed E-state index contributed by atoms with van der Waals surface area (Å²) in [6.45, 7) is 5.32. The molecule has 2 heteroatoms. The molecule has 0 fully saturated rings. The maximum atomic E-state index is 10.4. The molecule has 2 nitrogen and oxygen atoms in total. The van der Waals surface area contributed by atoms with Gasteiger partial charge in [0.25, 0.3) is 0 Å². The van der Waals surface area contributed by atoms with Crippen LogP contribution in [0.5, 0.6) is 0 Å². The average molecular weight is 147 g/mol. The van der Waals surface area contributed by atoms with Gasteiger partial charge in [0.2, 0.25) is 0 Å². The number of carbonyl (C=O) groups is 1. The van der Waals surface area contributed by atoms with E-state index in [1.165, 1.54) is 0 Å². The fraction of sp³-hybridized carbons (Fsp3) is 0.111. The summed E-state index contributed by atoms with van der Waals surface area (Å²) >= 11 is 0. The first-order chi connectivity index (χ1) is 5.27. The van der Waals surface area contributed by atoms with Crippen molar-refractivity contribution in [3.63, 3.8) is 0 Å². The van der Waals surface area contributed by atoms with E-state index < -0.39 is 0 Å². The number of nitrogens with zero attached hydrogens (tertiary/aromatic N) is 1. The Morgan fingerprint density at radius 2 is 2.27 bits per heavy atom. The van der Waals surface area contributed by atoms with E-state index in [-0.39, 0.29) is 0 Å². The molecule has 0 spiro atoms. The van der Waals surface area contributed by atoms with Crippen LogP contribution in [0.15, 0.2) is 23.2 Å². The Hall–Kier alpha value is -1.44. The number of aliphatic imine (C=N–C) groups is 1. The zero-order valence-electron chi connectivity index (χ0n) is 6.37. The number of aryl methyl sites for hydroxylation is 1. The van der Waals surface area contributed by atoms with Gasteiger partial charge in [-0.3, -0.25) is 9.79 Å². The smallest absolute Gasteiger partial charge is 0.152 e. The summed E-state index contributed by atoms with van der Waals surface area (Å²) in [6, 6.07) is 5.45. The third-order valence-corrected chi connectivity index (χ3v) is 1.48. The van der Waals surface area contributed by atoms with Crippen molar-refractivity contribution in [2.45, 2.75) is 6.92 Å². The Balaban J connectivity index is 3.26. The Morgan fingerprint density at radius 1 is 1.55 bits per heavy atom. The molecule has 0 aliphatic rings. The minimum atomic E-state index is 0.589. The van der Waals surface area contributed by atoms with Crippen molar-refractivity contribution in [3.8, 4) is 0 Å². The van der Waals surface area contributed by atoms with Crippen LogP contribution in [0.4, 0.5) is 5.69 Å². The zero-order valence-corrected chi connectivity index (χ0v) is 6.37. The second-order valence-electron chi connectivity index (χ2n) is 2.34. The summed E-state index contributed by atoms with van der Waals surface area (Å²) in [5, 5.41) is 0. The molecule has 0 saturated heterocycles. The topological polar surface area (TPSA) is 29.4 Å². The van der Waals surface area contributed by atoms with Gasteiger partial charge in [-0.25, -0.2) is 0 Å². The first-order valence-electron chi connectivity index (χ1n) is 3.30. The van der Waals surface area contributed by atoms with Crippen molar-refractivity contribution in [3.05, 3.63) is 29.3 Å². The summed E-state index contributed by atoms with van der Waals surface area (Å²) in [7, 11) is 0. The van der Waals surface area contributed by atoms with Crippen LogP contribution in [0.2, 0.25) is 0 Å². The van der Waals surface area contributed by atoms with Crippen molar-refractivity contribution in [1.82, 2.24) is 0 Å². The lowest BCUT2D eigenvalue weighted by atomic mass is 10.1. The lowest BCUT2D eigenvalue weighted by Crippen LogP contribution is -1.81. The van der Waals surface area contributed by atoms with E-state index in [0.29, 0.717) is 11.3 Å². The van der Waals surface area contributed by atoms with Gasteiger partial charge in [-0.05, 0) is 31.3 Å². The van der Waals surface area contributed by atoms with Gasteiger partial charge in [-0.2, -0.15) is 0 Å². The molecule has 11 heavy (non-hydrogen) atoms. The predicted octanol–water partition coefficient (Wildman–Crippen LogP) is 2.14. The van der Waals surface area contributed by atoms with Crippen LogP contribution in [0, 0.1) is 6.92 Å². The molecule has 0 unspecified atom stereocenters. The van der Waals surface area contributed by atoms with Crippen LogP contribution in [-0.4, -0.2) is 13.0 Å². The van der Waals surface area contributed by atoms with E-state index in [4.69, 9.17) is 0 Å². The average Bonchev–Trinajstić information content (AvgIpc) is 2.04. The van der Waals surface area contributed by atoms with Crippen molar-refractivity contribution >= 4 is 18.7 Å². The van der Waals surface area contributed by atoms with E-state index >= 15 is 0 Å². The number of hydrogen-bond acceptors (Lipinski definition) is 2. The second-order valence-corrected chi connectivity index (χ2v) is 2.34. The molecule has 0 N–H and O–H groups in total. The van der Waals surface area contributed by atoms with Crippen LogP contribution in [-0.2, 0) is 0 Å². The van der Waals surface area contributed by atoms with E-state index in [1.54, 1.807) is 6.07 Å². The molecule has 0 bridgehead atoms. The SMILES string of the molecule is C=Nc1cc(C)ccc1C=O. The van der Waals surface area contributed by atoms with Crippen molar-refractivity contribution in [2.24, 2.45) is 4.99 Å². The van der Waals surface area contributed by atoms with Crippen LogP contribution in [0.25, 0.3) is 0 Å². The van der Waals surface area contributed by atoms with E-state index in [2.05, 4.69) is 11.7 Å². The molecule has 0 heterocycles. The van der Waals surface area contributed by atoms with Gasteiger partial charge in [0.05, 0.1) is 5.69 Å². The van der Waals surface area contributed by atoms with Gasteiger partial charge in [-0.1, -0.05) is 6.07 Å². The molecule has 0 aliphatic heterocycles. The fourth-order valence-corrected chi connectivity index (χ4v) is 0.890. The van der Waals surface area contributed by atoms with E-state index in [9.17, 15) is 4.79 Å². The first-order valence-corrected chi connectivity index (χ1v) is 3.30. The summed E-state index contributed by atoms with van der Waals surface area (Å²) in [4.78, 5) is 14.1. The van der Waals surface area contributed by atoms with E-state index in [0.717, 1.165) is 11.8 Å². The summed E-state index contributed by atoms with van der Waals surface area (Å²) in [5.41, 5.74) is 2.32. The molecule has 56 valence electrons. The fourth-order valence-electron chi connectivity index (χ4n) is 0.890. The molecule has 0 aromatic heterocycles. The highest BCUT2D eigenvalue weighted by Crippen LogP contribution is 2.17. The molecule has 1 aromatic carbocycles. The summed E-state index contributed by atoms with van der Waals surface area (Å²) in [6.07, 6.45) is 0.781. The van der Waals surface area contributed by atoms with Crippen LogP contribution in [0.3, 0.4) is 0 Å². The van der Waals surface area contributed by atoms with Crippen molar-refractivity contribution in [1.29, 1.82) is 0 Å². The number of rotatable bonds is 2. The highest BCUT2D eigenvalue weighted by atomic mass is 16.1. The van der Waals surface area contributed by atoms with E-state index in [1.807, 2.05) is 19.1 Å². The Kier molecular flexibility index (Phi) is 2.16. The van der Waals surface area contributed by atoms with Crippen LogP contribution < -0.4 is 0 Å². The molecule has 1 rings (SSSR count). The second kappa shape index (κ2) is 3.10. The Labute approximate surface area is 65.6 Å².